The van der Waals surface area contributed by atoms with E-state index in [-0.39, 0.29) is 11.4 Å². The molecule has 4 nitrogen and oxygen atoms in total. The van der Waals surface area contributed by atoms with E-state index in [0.29, 0.717) is 12.3 Å². The van der Waals surface area contributed by atoms with E-state index in [2.05, 4.69) is 34.1 Å². The number of hydrogen-bond acceptors (Lipinski definition) is 4. The number of aromatic nitrogens is 1. The SMILES string of the molecule is CN1C(=O)C[C@H](c2ccccc2)C12CCN(Cc1nccs1)CC2. The number of likely N-dealkylation sites (tertiary alicyclic amines) is 2. The Morgan fingerprint density at radius 2 is 2.00 bits per heavy atom. The number of carbonyl (C=O) groups is 1. The quantitative estimate of drug-likeness (QED) is 0.861. The van der Waals surface area contributed by atoms with Gasteiger partial charge < -0.3 is 4.90 Å². The maximum Gasteiger partial charge on any atom is 0.223 e. The lowest BCUT2D eigenvalue weighted by molar-refractivity contribution is -0.130. The minimum Gasteiger partial charge on any atom is -0.339 e. The van der Waals surface area contributed by atoms with E-state index in [1.165, 1.54) is 10.6 Å². The number of benzene rings is 1. The van der Waals surface area contributed by atoms with E-state index in [4.69, 9.17) is 0 Å². The molecule has 3 heterocycles. The van der Waals surface area contributed by atoms with Crippen LogP contribution in [0.25, 0.3) is 0 Å². The van der Waals surface area contributed by atoms with Gasteiger partial charge in [-0.05, 0) is 18.4 Å². The van der Waals surface area contributed by atoms with Crippen LogP contribution in [0, 0.1) is 0 Å². The number of hydrogen-bond donors (Lipinski definition) is 0. The van der Waals surface area contributed by atoms with Crippen molar-refractivity contribution in [1.29, 1.82) is 0 Å². The summed E-state index contributed by atoms with van der Waals surface area (Å²) in [4.78, 5) is 21.4. The van der Waals surface area contributed by atoms with Crippen molar-refractivity contribution in [2.45, 2.75) is 37.3 Å². The van der Waals surface area contributed by atoms with E-state index in [1.54, 1.807) is 11.3 Å². The van der Waals surface area contributed by atoms with Crippen molar-refractivity contribution in [1.82, 2.24) is 14.8 Å². The van der Waals surface area contributed by atoms with Crippen LogP contribution in [0.5, 0.6) is 0 Å². The highest BCUT2D eigenvalue weighted by Crippen LogP contribution is 2.48. The highest BCUT2D eigenvalue weighted by Gasteiger charge is 2.52. The fourth-order valence-electron chi connectivity index (χ4n) is 4.40. The molecule has 0 radical (unpaired) electrons. The Balaban J connectivity index is 1.53. The maximum atomic E-state index is 12.5. The minimum absolute atomic E-state index is 0.0161. The Bertz CT molecular complexity index is 693. The van der Waals surface area contributed by atoms with Crippen LogP contribution >= 0.6 is 11.3 Å². The predicted molar refractivity (Wildman–Crippen MR) is 95.9 cm³/mol. The number of amides is 1. The molecule has 2 aliphatic heterocycles. The van der Waals surface area contributed by atoms with Gasteiger partial charge in [-0.1, -0.05) is 30.3 Å². The molecule has 2 fully saturated rings. The van der Waals surface area contributed by atoms with Crippen LogP contribution in [0.2, 0.25) is 0 Å². The summed E-state index contributed by atoms with van der Waals surface area (Å²) in [6, 6.07) is 10.6. The molecular formula is C19H23N3OS. The summed E-state index contributed by atoms with van der Waals surface area (Å²) >= 11 is 1.72. The van der Waals surface area contributed by atoms with Crippen LogP contribution in [0.4, 0.5) is 0 Å². The van der Waals surface area contributed by atoms with Gasteiger partial charge in [0.1, 0.15) is 5.01 Å². The van der Waals surface area contributed by atoms with Gasteiger partial charge in [-0.15, -0.1) is 11.3 Å². The number of piperidine rings is 1. The molecule has 0 unspecified atom stereocenters. The molecule has 0 N–H and O–H groups in total. The lowest BCUT2D eigenvalue weighted by atomic mass is 9.74. The molecule has 1 amide bonds. The highest BCUT2D eigenvalue weighted by atomic mass is 32.1. The van der Waals surface area contributed by atoms with Crippen LogP contribution in [-0.2, 0) is 11.3 Å². The summed E-state index contributed by atoms with van der Waals surface area (Å²) in [7, 11) is 2.00. The van der Waals surface area contributed by atoms with Gasteiger partial charge in [0.15, 0.2) is 0 Å². The van der Waals surface area contributed by atoms with Crippen molar-refractivity contribution in [3.8, 4) is 0 Å². The number of rotatable bonds is 3. The van der Waals surface area contributed by atoms with Gasteiger partial charge in [0.05, 0.1) is 12.1 Å². The smallest absolute Gasteiger partial charge is 0.223 e. The maximum absolute atomic E-state index is 12.5. The Kier molecular flexibility index (Phi) is 4.14. The highest BCUT2D eigenvalue weighted by molar-refractivity contribution is 7.09. The fourth-order valence-corrected chi connectivity index (χ4v) is 5.06. The molecule has 5 heteroatoms. The second-order valence-electron chi connectivity index (χ2n) is 6.93. The molecule has 2 saturated heterocycles. The summed E-state index contributed by atoms with van der Waals surface area (Å²) in [6.45, 7) is 2.99. The van der Waals surface area contributed by atoms with E-state index in [9.17, 15) is 4.79 Å². The third kappa shape index (κ3) is 2.66. The zero-order valence-electron chi connectivity index (χ0n) is 14.0. The van der Waals surface area contributed by atoms with Crippen LogP contribution in [-0.4, -0.2) is 46.4 Å². The van der Waals surface area contributed by atoms with Crippen molar-refractivity contribution < 1.29 is 4.79 Å². The average Bonchev–Trinajstić information content (AvgIpc) is 3.21. The Labute approximate surface area is 147 Å². The number of nitrogens with zero attached hydrogens (tertiary/aromatic N) is 3. The standard InChI is InChI=1S/C19H23N3OS/c1-21-18(23)13-16(15-5-3-2-4-6-15)19(21)7-10-22(11-8-19)14-17-20-9-12-24-17/h2-6,9,12,16H,7-8,10-11,13-14H2,1H3/t16-/m1/s1. The van der Waals surface area contributed by atoms with Crippen molar-refractivity contribution in [3.63, 3.8) is 0 Å². The van der Waals surface area contributed by atoms with Gasteiger partial charge in [0.2, 0.25) is 5.91 Å². The van der Waals surface area contributed by atoms with Crippen LogP contribution in [0.15, 0.2) is 41.9 Å². The summed E-state index contributed by atoms with van der Waals surface area (Å²) in [5.74, 6) is 0.607. The van der Waals surface area contributed by atoms with Crippen molar-refractivity contribution in [2.24, 2.45) is 0 Å². The topological polar surface area (TPSA) is 36.4 Å². The zero-order valence-corrected chi connectivity index (χ0v) is 14.8. The molecule has 1 atom stereocenters. The minimum atomic E-state index is -0.0161. The van der Waals surface area contributed by atoms with Gasteiger partial charge in [-0.3, -0.25) is 9.69 Å². The number of carbonyl (C=O) groups excluding carboxylic acids is 1. The lowest BCUT2D eigenvalue weighted by Crippen LogP contribution is -2.53. The second kappa shape index (κ2) is 6.30. The van der Waals surface area contributed by atoms with E-state index < -0.39 is 0 Å². The van der Waals surface area contributed by atoms with E-state index in [1.807, 2.05) is 29.6 Å². The summed E-state index contributed by atoms with van der Waals surface area (Å²) in [6.07, 6.45) is 4.60. The van der Waals surface area contributed by atoms with Crippen LogP contribution in [0.3, 0.4) is 0 Å². The largest absolute Gasteiger partial charge is 0.339 e. The third-order valence-corrected chi connectivity index (χ3v) is 6.60. The van der Waals surface area contributed by atoms with Crippen molar-refractivity contribution in [3.05, 3.63) is 52.5 Å². The van der Waals surface area contributed by atoms with E-state index >= 15 is 0 Å². The van der Waals surface area contributed by atoms with Gasteiger partial charge >= 0.3 is 0 Å². The number of likely N-dealkylation sites (N-methyl/N-ethyl adjacent to an activating group) is 1. The van der Waals surface area contributed by atoms with Gasteiger partial charge in [0.25, 0.3) is 0 Å². The van der Waals surface area contributed by atoms with Crippen molar-refractivity contribution >= 4 is 17.2 Å². The first-order valence-corrected chi connectivity index (χ1v) is 9.49. The molecule has 126 valence electrons. The lowest BCUT2D eigenvalue weighted by Gasteiger charge is -2.46. The second-order valence-corrected chi connectivity index (χ2v) is 7.90. The van der Waals surface area contributed by atoms with Crippen LogP contribution < -0.4 is 0 Å². The molecule has 0 bridgehead atoms. The molecule has 2 aromatic rings. The van der Waals surface area contributed by atoms with Crippen molar-refractivity contribution in [2.75, 3.05) is 20.1 Å². The van der Waals surface area contributed by atoms with Gasteiger partial charge in [-0.2, -0.15) is 0 Å². The fraction of sp³-hybridized carbons (Fsp3) is 0.474. The molecule has 4 rings (SSSR count). The predicted octanol–water partition coefficient (Wildman–Crippen LogP) is 3.12. The average molecular weight is 341 g/mol. The Morgan fingerprint density at radius 1 is 1.25 bits per heavy atom. The first kappa shape index (κ1) is 15.8. The molecule has 0 saturated carbocycles. The first-order valence-electron chi connectivity index (χ1n) is 8.61. The molecule has 1 aromatic carbocycles. The summed E-state index contributed by atoms with van der Waals surface area (Å²) < 4.78 is 0. The molecule has 0 aliphatic carbocycles. The Morgan fingerprint density at radius 3 is 2.67 bits per heavy atom. The van der Waals surface area contributed by atoms with Crippen LogP contribution in [0.1, 0.15) is 35.8 Å². The molecule has 2 aliphatic rings. The molecule has 1 spiro atoms. The number of thiazole rings is 1. The normalized spacial score (nSPS) is 24.0. The molecular weight excluding hydrogens is 318 g/mol. The summed E-state index contributed by atoms with van der Waals surface area (Å²) in [5, 5.41) is 3.22. The van der Waals surface area contributed by atoms with Gasteiger partial charge in [-0.25, -0.2) is 4.98 Å². The molecule has 1 aromatic heterocycles. The zero-order chi connectivity index (χ0) is 16.6. The first-order chi connectivity index (χ1) is 11.7. The third-order valence-electron chi connectivity index (χ3n) is 5.84. The monoisotopic (exact) mass is 341 g/mol. The molecule has 24 heavy (non-hydrogen) atoms. The van der Waals surface area contributed by atoms with Gasteiger partial charge in [0, 0.05) is 44.1 Å². The van der Waals surface area contributed by atoms with E-state index in [0.717, 1.165) is 32.5 Å². The Hall–Kier alpha value is -1.72. The summed E-state index contributed by atoms with van der Waals surface area (Å²) in [5.41, 5.74) is 1.29.